The normalized spacial score (nSPS) is 42.4. The van der Waals surface area contributed by atoms with Gasteiger partial charge in [-0.1, -0.05) is 31.1 Å². The molecule has 36 heavy (non-hydrogen) atoms. The molecule has 6 nitrogen and oxygen atoms in total. The molecule has 4 rings (SSSR count). The lowest BCUT2D eigenvalue weighted by Crippen LogP contribution is -2.66. The van der Waals surface area contributed by atoms with Crippen LogP contribution in [-0.4, -0.2) is 60.3 Å². The molecule has 1 amide bonds. The number of nitrogens with zero attached hydrogens (tertiary/aromatic N) is 1. The van der Waals surface area contributed by atoms with Crippen LogP contribution in [0, 0.1) is 34.5 Å². The van der Waals surface area contributed by atoms with Gasteiger partial charge >= 0.3 is 5.97 Å². The number of carbonyl (C=O) groups is 2. The fraction of sp³-hybridized carbons (Fsp3) is 0.800. The molecule has 0 heterocycles. The first kappa shape index (κ1) is 27.4. The lowest BCUT2D eigenvalue weighted by molar-refractivity contribution is -0.194. The zero-order chi connectivity index (χ0) is 26.6. The fourth-order valence-corrected chi connectivity index (χ4v) is 8.89. The minimum absolute atomic E-state index is 0.127. The highest BCUT2D eigenvalue weighted by atomic mass is 16.5. The van der Waals surface area contributed by atoms with Crippen molar-refractivity contribution in [2.24, 2.45) is 34.5 Å². The molecule has 0 radical (unpaired) electrons. The zero-order valence-corrected chi connectivity index (χ0v) is 23.6. The Morgan fingerprint density at radius 1 is 1.14 bits per heavy atom. The van der Waals surface area contributed by atoms with Gasteiger partial charge in [-0.25, -0.2) is 0 Å². The van der Waals surface area contributed by atoms with Gasteiger partial charge in [-0.05, 0) is 102 Å². The summed E-state index contributed by atoms with van der Waals surface area (Å²) in [6.45, 7) is 12.3. The lowest BCUT2D eigenvalue weighted by atomic mass is 9.43. The molecule has 4 aliphatic rings. The highest BCUT2D eigenvalue weighted by molar-refractivity contribution is 5.88. The quantitative estimate of drug-likeness (QED) is 0.331. The molecule has 0 aromatic carbocycles. The van der Waals surface area contributed by atoms with Crippen molar-refractivity contribution in [1.29, 1.82) is 0 Å². The number of hydrogen-bond acceptors (Lipinski definition) is 5. The van der Waals surface area contributed by atoms with E-state index in [0.29, 0.717) is 30.2 Å². The summed E-state index contributed by atoms with van der Waals surface area (Å²) in [5.41, 5.74) is 2.60. The van der Waals surface area contributed by atoms with E-state index in [0.717, 1.165) is 31.3 Å². The Balaban J connectivity index is 1.61. The number of aliphatic hydroxyl groups excluding tert-OH is 1. The van der Waals surface area contributed by atoms with Gasteiger partial charge in [0.1, 0.15) is 6.10 Å². The second-order valence-corrected chi connectivity index (χ2v) is 13.2. The van der Waals surface area contributed by atoms with Gasteiger partial charge in [-0.15, -0.1) is 0 Å². The number of esters is 1. The molecule has 2 N–H and O–H groups in total. The molecule has 3 saturated carbocycles. The number of likely N-dealkylation sites (N-methyl/N-ethyl adjacent to an activating group) is 1. The minimum atomic E-state index is -0.747. The molecule has 0 aromatic rings. The third-order valence-electron chi connectivity index (χ3n) is 10.7. The summed E-state index contributed by atoms with van der Waals surface area (Å²) in [6.07, 6.45) is 8.97. The van der Waals surface area contributed by atoms with Crippen molar-refractivity contribution in [3.05, 3.63) is 23.3 Å². The summed E-state index contributed by atoms with van der Waals surface area (Å²) >= 11 is 0. The van der Waals surface area contributed by atoms with Crippen molar-refractivity contribution >= 4 is 11.9 Å². The van der Waals surface area contributed by atoms with E-state index in [1.165, 1.54) is 13.3 Å². The number of aliphatic hydroxyl groups is 1. The molecule has 0 aromatic heterocycles. The van der Waals surface area contributed by atoms with Crippen molar-refractivity contribution in [3.63, 3.8) is 0 Å². The van der Waals surface area contributed by atoms with E-state index in [2.05, 4.69) is 51.2 Å². The Labute approximate surface area is 217 Å². The van der Waals surface area contributed by atoms with Gasteiger partial charge in [0.2, 0.25) is 5.91 Å². The number of ether oxygens (including phenoxy) is 1. The molecule has 0 spiro atoms. The standard InChI is InChI=1S/C30H48N2O4/c1-17(2)15-26(35)31-27-25(34)16-30(6)23-13-14-29(5)21(18(3)32(7)8)11-12-22(29)20(23)9-10-24(30)28(27)36-19(4)33/h11,15,18,20,22-25,27-28,34H,9-10,12-14,16H2,1-8H3,(H,31,35)/t18-,20-,22-,23-,24-,25+,27-,28+,29+,30+/m0/s1. The lowest BCUT2D eigenvalue weighted by Gasteiger charge is -2.63. The van der Waals surface area contributed by atoms with Crippen LogP contribution in [0.2, 0.25) is 0 Å². The Morgan fingerprint density at radius 3 is 2.44 bits per heavy atom. The third kappa shape index (κ3) is 4.57. The van der Waals surface area contributed by atoms with Crippen LogP contribution < -0.4 is 5.32 Å². The maximum atomic E-state index is 12.6. The number of hydrogen-bond donors (Lipinski definition) is 2. The zero-order valence-electron chi connectivity index (χ0n) is 23.6. The largest absolute Gasteiger partial charge is 0.460 e. The molecule has 4 aliphatic carbocycles. The number of rotatable bonds is 5. The second-order valence-electron chi connectivity index (χ2n) is 13.2. The average molecular weight is 501 g/mol. The third-order valence-corrected chi connectivity index (χ3v) is 10.7. The summed E-state index contributed by atoms with van der Waals surface area (Å²) in [4.78, 5) is 27.1. The summed E-state index contributed by atoms with van der Waals surface area (Å²) < 4.78 is 5.93. The highest BCUT2D eigenvalue weighted by Crippen LogP contribution is 2.67. The van der Waals surface area contributed by atoms with E-state index >= 15 is 0 Å². The van der Waals surface area contributed by atoms with E-state index in [9.17, 15) is 14.7 Å². The fourth-order valence-electron chi connectivity index (χ4n) is 8.89. The van der Waals surface area contributed by atoms with Crippen LogP contribution in [0.1, 0.15) is 80.1 Å². The van der Waals surface area contributed by atoms with Crippen molar-refractivity contribution < 1.29 is 19.4 Å². The number of allylic oxidation sites excluding steroid dienone is 2. The maximum absolute atomic E-state index is 12.6. The minimum Gasteiger partial charge on any atom is -0.460 e. The molecule has 0 bridgehead atoms. The number of nitrogens with one attached hydrogen (secondary N) is 1. The van der Waals surface area contributed by atoms with Crippen LogP contribution >= 0.6 is 0 Å². The predicted octanol–water partition coefficient (Wildman–Crippen LogP) is 4.48. The molecule has 0 aliphatic heterocycles. The first-order valence-electron chi connectivity index (χ1n) is 14.0. The van der Waals surface area contributed by atoms with Crippen LogP contribution in [0.25, 0.3) is 0 Å². The van der Waals surface area contributed by atoms with Gasteiger partial charge in [0.15, 0.2) is 0 Å². The second kappa shape index (κ2) is 9.90. The number of carbonyl (C=O) groups excluding carboxylic acids is 2. The molecular formula is C30H48N2O4. The maximum Gasteiger partial charge on any atom is 0.302 e. The average Bonchev–Trinajstić information content (AvgIpc) is 3.11. The van der Waals surface area contributed by atoms with E-state index in [4.69, 9.17) is 4.74 Å². The first-order chi connectivity index (χ1) is 16.8. The number of amides is 1. The van der Waals surface area contributed by atoms with Gasteiger partial charge in [0.05, 0.1) is 12.1 Å². The van der Waals surface area contributed by atoms with Gasteiger partial charge < -0.3 is 20.1 Å². The molecule has 3 fully saturated rings. The van der Waals surface area contributed by atoms with Crippen LogP contribution in [-0.2, 0) is 14.3 Å². The topological polar surface area (TPSA) is 78.9 Å². The molecule has 202 valence electrons. The van der Waals surface area contributed by atoms with Gasteiger partial charge in [-0.2, -0.15) is 0 Å². The van der Waals surface area contributed by atoms with Crippen LogP contribution in [0.5, 0.6) is 0 Å². The molecule has 0 saturated heterocycles. The summed E-state index contributed by atoms with van der Waals surface area (Å²) in [5.74, 6) is 1.27. The van der Waals surface area contributed by atoms with Crippen LogP contribution in [0.4, 0.5) is 0 Å². The van der Waals surface area contributed by atoms with Crippen molar-refractivity contribution in [2.75, 3.05) is 14.1 Å². The van der Waals surface area contributed by atoms with Crippen molar-refractivity contribution in [2.45, 2.75) is 104 Å². The first-order valence-corrected chi connectivity index (χ1v) is 14.0. The summed E-state index contributed by atoms with van der Waals surface area (Å²) in [5, 5.41) is 14.4. The van der Waals surface area contributed by atoms with Crippen LogP contribution in [0.15, 0.2) is 23.3 Å². The smallest absolute Gasteiger partial charge is 0.302 e. The molecule has 10 atom stereocenters. The monoisotopic (exact) mass is 500 g/mol. The Kier molecular flexibility index (Phi) is 7.53. The van der Waals surface area contributed by atoms with Crippen LogP contribution in [0.3, 0.4) is 0 Å². The Hall–Kier alpha value is -1.66. The predicted molar refractivity (Wildman–Crippen MR) is 142 cm³/mol. The summed E-state index contributed by atoms with van der Waals surface area (Å²) in [6, 6.07) is -0.139. The molecule has 6 heteroatoms. The summed E-state index contributed by atoms with van der Waals surface area (Å²) in [7, 11) is 4.34. The van der Waals surface area contributed by atoms with E-state index in [1.54, 1.807) is 11.6 Å². The highest BCUT2D eigenvalue weighted by Gasteiger charge is 2.63. The van der Waals surface area contributed by atoms with Gasteiger partial charge in [0.25, 0.3) is 0 Å². The number of fused-ring (bicyclic) bond motifs is 5. The van der Waals surface area contributed by atoms with Crippen molar-refractivity contribution in [3.8, 4) is 0 Å². The Morgan fingerprint density at radius 2 is 1.83 bits per heavy atom. The van der Waals surface area contributed by atoms with Crippen molar-refractivity contribution in [1.82, 2.24) is 10.2 Å². The molecule has 0 unspecified atom stereocenters. The SMILES string of the molecule is CC(=O)O[C@H]1[C@@H](NC(=O)C=C(C)C)[C@H](O)C[C@]2(C)[C@H]3CC[C@]4(C)C([C@H](C)N(C)C)=CC[C@H]4[C@@H]3CC[C@@H]12. The molecular weight excluding hydrogens is 452 g/mol. The Bertz CT molecular complexity index is 937. The van der Waals surface area contributed by atoms with E-state index in [-0.39, 0.29) is 28.6 Å². The van der Waals surface area contributed by atoms with E-state index < -0.39 is 18.2 Å². The van der Waals surface area contributed by atoms with Gasteiger partial charge in [-0.3, -0.25) is 9.59 Å². The van der Waals surface area contributed by atoms with E-state index in [1.807, 2.05) is 13.8 Å². The van der Waals surface area contributed by atoms with Gasteiger partial charge in [0, 0.05) is 25.0 Å².